The molecule has 8 nitrogen and oxygen atoms in total. The molecule has 0 amide bonds. The van der Waals surface area contributed by atoms with Crippen LogP contribution in [0.1, 0.15) is 85.9 Å². The van der Waals surface area contributed by atoms with Gasteiger partial charge >= 0.3 is 0 Å². The van der Waals surface area contributed by atoms with E-state index in [1.54, 1.807) is 48.5 Å². The maximum Gasteiger partial charge on any atom is 0.193 e. The lowest BCUT2D eigenvalue weighted by atomic mass is 9.96. The molecule has 8 heteroatoms. The fraction of sp³-hybridized carbons (Fsp3) is 0.0625. The summed E-state index contributed by atoms with van der Waals surface area (Å²) in [6, 6.07) is 61.2. The number of nitrogens with zero attached hydrogens (tertiary/aromatic N) is 4. The highest BCUT2D eigenvalue weighted by Crippen LogP contribution is 2.21. The lowest BCUT2D eigenvalue weighted by Crippen LogP contribution is -2.33. The Morgan fingerprint density at radius 2 is 0.403 bits per heavy atom. The van der Waals surface area contributed by atoms with Gasteiger partial charge in [0, 0.05) is 115 Å². The summed E-state index contributed by atoms with van der Waals surface area (Å²) < 4.78 is 8.41. The number of ketones is 4. The molecule has 0 N–H and O–H groups in total. The number of carbonyl (C=O) groups is 4. The second-order valence-electron chi connectivity index (χ2n) is 18.3. The second kappa shape index (κ2) is 19.9. The SMILES string of the molecule is O=C1c2ccc(cc2)C[n+]2ccc(cc2)-c2cc[n+](cc2)Cc2ccc(cc2)C(=O)c2cccc(c2)C(=O)c2ccc(cc2)C[n+]2ccc(cc2)-c2cc[n+](cc2)Cc2ccc(cc2)C(=O)c2cccc1c2. The summed E-state index contributed by atoms with van der Waals surface area (Å²) >= 11 is 0. The van der Waals surface area contributed by atoms with Crippen molar-refractivity contribution >= 4 is 23.1 Å². The van der Waals surface area contributed by atoms with E-state index < -0.39 is 0 Å². The van der Waals surface area contributed by atoms with E-state index in [0.29, 0.717) is 70.7 Å². The monoisotopic (exact) mass is 936 g/mol. The van der Waals surface area contributed by atoms with Gasteiger partial charge in [-0.05, 0) is 34.4 Å². The van der Waals surface area contributed by atoms with Crippen LogP contribution in [0.4, 0.5) is 0 Å². The third kappa shape index (κ3) is 10.0. The number of hydrogen-bond donors (Lipinski definition) is 0. The van der Waals surface area contributed by atoms with E-state index in [2.05, 4.69) is 116 Å². The minimum Gasteiger partial charge on any atom is -0.289 e. The third-order valence-corrected chi connectivity index (χ3v) is 13.3. The summed E-state index contributed by atoms with van der Waals surface area (Å²) in [5.41, 5.74) is 12.7. The van der Waals surface area contributed by atoms with E-state index in [1.165, 1.54) is 0 Å². The van der Waals surface area contributed by atoms with Gasteiger partial charge in [0.1, 0.15) is 0 Å². The largest absolute Gasteiger partial charge is 0.289 e. The van der Waals surface area contributed by atoms with Crippen LogP contribution in [-0.4, -0.2) is 23.1 Å². The lowest BCUT2D eigenvalue weighted by molar-refractivity contribution is -0.688. The predicted molar refractivity (Wildman–Crippen MR) is 273 cm³/mol. The van der Waals surface area contributed by atoms with Gasteiger partial charge in [-0.2, -0.15) is 0 Å². The lowest BCUT2D eigenvalue weighted by Gasteiger charge is -2.07. The molecule has 17 heterocycles. The van der Waals surface area contributed by atoms with E-state index in [-0.39, 0.29) is 23.1 Å². The maximum absolute atomic E-state index is 13.7. The van der Waals surface area contributed by atoms with Crippen molar-refractivity contribution in [1.29, 1.82) is 0 Å². The van der Waals surface area contributed by atoms with Crippen molar-refractivity contribution in [3.05, 3.63) is 310 Å². The van der Waals surface area contributed by atoms with E-state index >= 15 is 0 Å². The topological polar surface area (TPSA) is 83.8 Å². The number of rotatable bonds is 0. The van der Waals surface area contributed by atoms with Crippen molar-refractivity contribution in [3.8, 4) is 22.3 Å². The molecule has 4 aromatic heterocycles. The molecule has 23 rings (SSSR count). The Balaban J connectivity index is 0.835. The van der Waals surface area contributed by atoms with Crippen molar-refractivity contribution in [2.24, 2.45) is 0 Å². The van der Waals surface area contributed by atoms with E-state index in [9.17, 15) is 19.2 Å². The Hall–Kier alpha value is -9.40. The van der Waals surface area contributed by atoms with Gasteiger partial charge in [-0.25, -0.2) is 18.3 Å². The molecule has 0 saturated heterocycles. The minimum absolute atomic E-state index is 0.139. The molecule has 20 bridgehead atoms. The van der Waals surface area contributed by atoms with Crippen LogP contribution in [-0.2, 0) is 26.2 Å². The van der Waals surface area contributed by atoms with Gasteiger partial charge in [0.05, 0.1) is 0 Å². The van der Waals surface area contributed by atoms with Crippen LogP contribution in [0.25, 0.3) is 22.3 Å². The molecule has 0 atom stereocenters. The van der Waals surface area contributed by atoms with Crippen LogP contribution >= 0.6 is 0 Å². The van der Waals surface area contributed by atoms with E-state index in [1.807, 2.05) is 97.1 Å². The smallest absolute Gasteiger partial charge is 0.193 e. The first-order valence-corrected chi connectivity index (χ1v) is 24.0. The summed E-state index contributed by atoms with van der Waals surface area (Å²) in [5, 5.41) is 0. The zero-order chi connectivity index (χ0) is 49.0. The molecule has 0 radical (unpaired) electrons. The summed E-state index contributed by atoms with van der Waals surface area (Å²) in [5.74, 6) is -0.555. The van der Waals surface area contributed by atoms with Crippen LogP contribution in [0, 0.1) is 0 Å². The first-order chi connectivity index (χ1) is 35.2. The molecule has 6 aromatic carbocycles. The summed E-state index contributed by atoms with van der Waals surface area (Å²) in [6.45, 7) is 2.54. The molecule has 0 fully saturated rings. The van der Waals surface area contributed by atoms with E-state index in [4.69, 9.17) is 0 Å². The normalized spacial score (nSPS) is 12.9. The standard InChI is InChI=1S/C64H48N4O4/c69-61-53-15-7-45(8-16-53)41-65-31-23-49(24-32-65)51-27-35-67(36-28-51)43-47-11-19-55(20-12-47)63(71)59-5-2-6-60(40-59)64(72)56-21-13-48(14-22-56)44-68-37-29-52(30-38-68)50-25-33-66(34-26-50)42-46-9-17-54(18-10-46)62(70)58-4-1-3-57(61)39-58/h1-40H,41-44H2/q+4. The quantitative estimate of drug-likeness (QED) is 0.142. The Kier molecular flexibility index (Phi) is 12.5. The first-order valence-electron chi connectivity index (χ1n) is 24.0. The van der Waals surface area contributed by atoms with Crippen LogP contribution in [0.15, 0.2) is 244 Å². The highest BCUT2D eigenvalue weighted by molar-refractivity contribution is 6.14. The molecule has 13 aliphatic heterocycles. The zero-order valence-corrected chi connectivity index (χ0v) is 39.3. The van der Waals surface area contributed by atoms with Crippen LogP contribution in [0.5, 0.6) is 0 Å². The van der Waals surface area contributed by atoms with Crippen molar-refractivity contribution in [1.82, 2.24) is 0 Å². The maximum atomic E-state index is 13.7. The fourth-order valence-corrected chi connectivity index (χ4v) is 9.18. The number of carbonyl (C=O) groups excluding carboxylic acids is 4. The second-order valence-corrected chi connectivity index (χ2v) is 18.3. The van der Waals surface area contributed by atoms with Gasteiger partial charge in [-0.1, -0.05) is 133 Å². The Bertz CT molecular complexity index is 3150. The molecule has 10 aromatic rings. The predicted octanol–water partition coefficient (Wildman–Crippen LogP) is 9.60. The average Bonchev–Trinajstić information content (AvgIpc) is 3.44. The van der Waals surface area contributed by atoms with Crippen LogP contribution < -0.4 is 18.3 Å². The number of hydrogen-bond acceptors (Lipinski definition) is 4. The first kappa shape index (κ1) is 45.1. The molecule has 0 saturated carbocycles. The summed E-state index contributed by atoms with van der Waals surface area (Å²) in [7, 11) is 0. The van der Waals surface area contributed by atoms with Crippen molar-refractivity contribution in [2.45, 2.75) is 26.2 Å². The number of aromatic nitrogens is 4. The molecule has 0 aliphatic carbocycles. The molecule has 13 aliphatic rings. The highest BCUT2D eigenvalue weighted by Gasteiger charge is 2.18. The number of benzene rings is 6. The van der Waals surface area contributed by atoms with Crippen LogP contribution in [0.3, 0.4) is 0 Å². The zero-order valence-electron chi connectivity index (χ0n) is 39.3. The van der Waals surface area contributed by atoms with Crippen molar-refractivity contribution in [3.63, 3.8) is 0 Å². The van der Waals surface area contributed by atoms with Gasteiger partial charge in [0.25, 0.3) is 0 Å². The number of pyridine rings is 4. The van der Waals surface area contributed by atoms with Gasteiger partial charge < -0.3 is 0 Å². The van der Waals surface area contributed by atoms with Crippen molar-refractivity contribution in [2.75, 3.05) is 0 Å². The Labute approximate surface area is 417 Å². The molecule has 0 unspecified atom stereocenters. The van der Waals surface area contributed by atoms with E-state index in [0.717, 1.165) is 44.5 Å². The minimum atomic E-state index is -0.139. The molecular weight excluding hydrogens is 889 g/mol. The Morgan fingerprint density at radius 3 is 0.597 bits per heavy atom. The fourth-order valence-electron chi connectivity index (χ4n) is 9.18. The average molecular weight is 937 g/mol. The van der Waals surface area contributed by atoms with Gasteiger partial charge in [-0.15, -0.1) is 0 Å². The molecule has 72 heavy (non-hydrogen) atoms. The highest BCUT2D eigenvalue weighted by atomic mass is 16.1. The van der Waals surface area contributed by atoms with Gasteiger partial charge in [0.2, 0.25) is 0 Å². The van der Waals surface area contributed by atoms with Gasteiger partial charge in [-0.3, -0.25) is 19.2 Å². The Morgan fingerprint density at radius 1 is 0.208 bits per heavy atom. The van der Waals surface area contributed by atoms with Gasteiger partial charge in [0.15, 0.2) is 98.9 Å². The molecule has 344 valence electrons. The van der Waals surface area contributed by atoms with Crippen molar-refractivity contribution < 1.29 is 37.4 Å². The summed E-state index contributed by atoms with van der Waals surface area (Å²) in [6.07, 6.45) is 16.4. The van der Waals surface area contributed by atoms with Crippen LogP contribution in [0.2, 0.25) is 0 Å². The molecular formula is C64H48N4O4+4. The third-order valence-electron chi connectivity index (χ3n) is 13.3. The summed E-state index contributed by atoms with van der Waals surface area (Å²) in [4.78, 5) is 54.7. The molecule has 0 spiro atoms.